The van der Waals surface area contributed by atoms with E-state index in [9.17, 15) is 22.4 Å². The topological polar surface area (TPSA) is 77.0 Å². The van der Waals surface area contributed by atoms with Crippen LogP contribution >= 0.6 is 0 Å². The van der Waals surface area contributed by atoms with E-state index in [0.717, 1.165) is 38.1 Å². The zero-order valence-corrected chi connectivity index (χ0v) is 18.5. The molecule has 3 aromatic rings. The van der Waals surface area contributed by atoms with E-state index in [1.807, 2.05) is 0 Å². The van der Waals surface area contributed by atoms with Gasteiger partial charge in [-0.05, 0) is 73.6 Å². The van der Waals surface area contributed by atoms with Gasteiger partial charge in [0.25, 0.3) is 0 Å². The highest BCUT2D eigenvalue weighted by molar-refractivity contribution is 5.93. The van der Waals surface area contributed by atoms with Crippen LogP contribution in [0, 0.1) is 35.4 Å². The van der Waals surface area contributed by atoms with Crippen molar-refractivity contribution in [3.05, 3.63) is 54.5 Å². The molecule has 3 saturated carbocycles. The molecular weight excluding hydrogens is 464 g/mol. The van der Waals surface area contributed by atoms with Crippen molar-refractivity contribution < 1.29 is 27.1 Å². The first-order chi connectivity index (χ1) is 16.8. The number of aromatic nitrogens is 3. The third-order valence-electron chi connectivity index (χ3n) is 7.45. The Bertz CT molecular complexity index is 1270. The summed E-state index contributed by atoms with van der Waals surface area (Å²) in [6.45, 7) is 0. The maximum absolute atomic E-state index is 13.7. The summed E-state index contributed by atoms with van der Waals surface area (Å²) in [4.78, 5) is 24.0. The lowest BCUT2D eigenvalue weighted by Gasteiger charge is -2.22. The van der Waals surface area contributed by atoms with Gasteiger partial charge in [-0.1, -0.05) is 0 Å². The van der Waals surface area contributed by atoms with E-state index in [2.05, 4.69) is 20.3 Å². The van der Waals surface area contributed by atoms with Crippen molar-refractivity contribution in [3.63, 3.8) is 0 Å². The van der Waals surface area contributed by atoms with Crippen LogP contribution < -0.4 is 10.1 Å². The molecule has 6 nitrogen and oxygen atoms in total. The van der Waals surface area contributed by atoms with Crippen LogP contribution in [0.3, 0.4) is 0 Å². The van der Waals surface area contributed by atoms with Crippen LogP contribution in [0.15, 0.2) is 42.9 Å². The standard InChI is InChI=1S/C25H22F4N4O2/c26-13-3-4-19-18(7-13)20(5-6-30-19)35-15-8-16-17(9-15)22(16)21(12-1-2-12)23(34)33-14-10-31-24(32-11-14)25(27,28)29/h3-7,10-12,15-17,21-22H,1-2,8-9H2,(H,33,34)/t15-,16-,17+,21?,22-. The van der Waals surface area contributed by atoms with E-state index in [0.29, 0.717) is 34.4 Å². The quantitative estimate of drug-likeness (QED) is 0.482. The van der Waals surface area contributed by atoms with Gasteiger partial charge in [-0.3, -0.25) is 9.78 Å². The number of hydrogen-bond acceptors (Lipinski definition) is 5. The molecule has 1 aromatic carbocycles. The maximum atomic E-state index is 13.7. The van der Waals surface area contributed by atoms with Crippen LogP contribution in [0.1, 0.15) is 31.5 Å². The Morgan fingerprint density at radius 3 is 2.43 bits per heavy atom. The summed E-state index contributed by atoms with van der Waals surface area (Å²) in [7, 11) is 0. The van der Waals surface area contributed by atoms with Gasteiger partial charge in [0.2, 0.25) is 11.7 Å². The minimum atomic E-state index is -4.63. The third-order valence-corrected chi connectivity index (χ3v) is 7.45. The molecule has 0 spiro atoms. The molecule has 1 unspecified atom stereocenters. The predicted octanol–water partition coefficient (Wildman–Crippen LogP) is 5.25. The zero-order valence-electron chi connectivity index (χ0n) is 18.5. The lowest BCUT2D eigenvalue weighted by atomic mass is 9.91. The number of pyridine rings is 1. The Morgan fingerprint density at radius 2 is 1.77 bits per heavy atom. The van der Waals surface area contributed by atoms with E-state index < -0.39 is 12.0 Å². The molecule has 0 aliphatic heterocycles. The van der Waals surface area contributed by atoms with Gasteiger partial charge in [0.05, 0.1) is 29.7 Å². The number of rotatable bonds is 6. The molecule has 182 valence electrons. The minimum Gasteiger partial charge on any atom is -0.490 e. The van der Waals surface area contributed by atoms with E-state index >= 15 is 0 Å². The number of carbonyl (C=O) groups is 1. The highest BCUT2D eigenvalue weighted by Crippen LogP contribution is 2.64. The number of ether oxygens (including phenoxy) is 1. The van der Waals surface area contributed by atoms with Gasteiger partial charge in [-0.15, -0.1) is 0 Å². The third kappa shape index (κ3) is 4.30. The normalized spacial score (nSPS) is 26.3. The second kappa shape index (κ2) is 8.13. The van der Waals surface area contributed by atoms with Crippen molar-refractivity contribution in [2.75, 3.05) is 5.32 Å². The van der Waals surface area contributed by atoms with Crippen molar-refractivity contribution in [1.82, 2.24) is 15.0 Å². The highest BCUT2D eigenvalue weighted by atomic mass is 19.4. The van der Waals surface area contributed by atoms with E-state index in [4.69, 9.17) is 4.74 Å². The molecule has 0 radical (unpaired) electrons. The molecule has 1 amide bonds. The fourth-order valence-corrected chi connectivity index (χ4v) is 5.77. The molecule has 3 fully saturated rings. The summed E-state index contributed by atoms with van der Waals surface area (Å²) in [5.41, 5.74) is 0.833. The number of halogens is 4. The number of carbonyl (C=O) groups excluding carboxylic acids is 1. The Balaban J connectivity index is 1.10. The van der Waals surface area contributed by atoms with E-state index in [1.165, 1.54) is 12.1 Å². The molecule has 3 aliphatic carbocycles. The van der Waals surface area contributed by atoms with E-state index in [-0.39, 0.29) is 35.4 Å². The predicted molar refractivity (Wildman–Crippen MR) is 118 cm³/mol. The lowest BCUT2D eigenvalue weighted by molar-refractivity contribution is -0.144. The number of benzene rings is 1. The first-order valence-electron chi connectivity index (χ1n) is 11.7. The van der Waals surface area contributed by atoms with Crippen LogP contribution in [0.5, 0.6) is 5.75 Å². The highest BCUT2D eigenvalue weighted by Gasteiger charge is 2.63. The van der Waals surface area contributed by atoms with Crippen LogP contribution in [0.2, 0.25) is 0 Å². The summed E-state index contributed by atoms with van der Waals surface area (Å²) in [5.74, 6) is -0.0569. The van der Waals surface area contributed by atoms with Crippen molar-refractivity contribution in [2.45, 2.75) is 38.0 Å². The fraction of sp³-hybridized carbons (Fsp3) is 0.440. The van der Waals surface area contributed by atoms with Gasteiger partial charge in [0, 0.05) is 17.5 Å². The number of hydrogen-bond donors (Lipinski definition) is 1. The molecule has 3 aliphatic rings. The number of fused-ring (bicyclic) bond motifs is 2. The lowest BCUT2D eigenvalue weighted by Crippen LogP contribution is -2.29. The number of nitrogens with zero attached hydrogens (tertiary/aromatic N) is 3. The SMILES string of the molecule is O=C(Nc1cnc(C(F)(F)F)nc1)C(C1CC1)[C@@H]1[C@@H]2C[C@@H](Oc3ccnc4ccc(F)cc34)C[C@@H]21. The number of nitrogens with one attached hydrogen (secondary N) is 1. The Labute approximate surface area is 198 Å². The zero-order chi connectivity index (χ0) is 24.3. The van der Waals surface area contributed by atoms with Gasteiger partial charge in [0.15, 0.2) is 0 Å². The minimum absolute atomic E-state index is 0.0126. The maximum Gasteiger partial charge on any atom is 0.451 e. The Morgan fingerprint density at radius 1 is 1.06 bits per heavy atom. The van der Waals surface area contributed by atoms with Crippen LogP contribution in [-0.4, -0.2) is 27.0 Å². The van der Waals surface area contributed by atoms with Crippen LogP contribution in [-0.2, 0) is 11.0 Å². The molecule has 35 heavy (non-hydrogen) atoms. The molecule has 1 N–H and O–H groups in total. The molecule has 5 atom stereocenters. The molecule has 0 saturated heterocycles. The Kier molecular flexibility index (Phi) is 5.16. The van der Waals surface area contributed by atoms with Gasteiger partial charge in [0.1, 0.15) is 11.6 Å². The molecular formula is C25H22F4N4O2. The van der Waals surface area contributed by atoms with Crippen LogP contribution in [0.25, 0.3) is 10.9 Å². The van der Waals surface area contributed by atoms with Gasteiger partial charge in [-0.25, -0.2) is 14.4 Å². The second-order valence-electron chi connectivity index (χ2n) is 9.73. The van der Waals surface area contributed by atoms with Gasteiger partial charge >= 0.3 is 6.18 Å². The summed E-state index contributed by atoms with van der Waals surface area (Å²) in [5, 5.41) is 3.36. The smallest absolute Gasteiger partial charge is 0.451 e. The first-order valence-corrected chi connectivity index (χ1v) is 11.7. The first kappa shape index (κ1) is 22.2. The van der Waals surface area contributed by atoms with Crippen molar-refractivity contribution >= 4 is 22.5 Å². The Hall–Kier alpha value is -3.30. The summed E-state index contributed by atoms with van der Waals surface area (Å²) in [6.07, 6.45) is 2.59. The fourth-order valence-electron chi connectivity index (χ4n) is 5.77. The van der Waals surface area contributed by atoms with E-state index in [1.54, 1.807) is 18.3 Å². The second-order valence-corrected chi connectivity index (χ2v) is 9.73. The van der Waals surface area contributed by atoms with Crippen molar-refractivity contribution in [2.24, 2.45) is 29.6 Å². The monoisotopic (exact) mass is 486 g/mol. The average Bonchev–Trinajstić information content (AvgIpc) is 3.72. The largest absolute Gasteiger partial charge is 0.490 e. The van der Waals surface area contributed by atoms with Gasteiger partial charge in [-0.2, -0.15) is 13.2 Å². The molecule has 0 bridgehead atoms. The average molecular weight is 486 g/mol. The number of alkyl halides is 3. The van der Waals surface area contributed by atoms with Crippen molar-refractivity contribution in [3.8, 4) is 5.75 Å². The molecule has 2 heterocycles. The number of amides is 1. The molecule has 6 rings (SSSR count). The molecule has 10 heteroatoms. The number of anilines is 1. The van der Waals surface area contributed by atoms with Crippen LogP contribution in [0.4, 0.5) is 23.2 Å². The summed E-state index contributed by atoms with van der Waals surface area (Å²) in [6, 6.07) is 6.17. The summed E-state index contributed by atoms with van der Waals surface area (Å²) >= 11 is 0. The summed E-state index contributed by atoms with van der Waals surface area (Å²) < 4.78 is 58.0. The van der Waals surface area contributed by atoms with Gasteiger partial charge < -0.3 is 10.1 Å². The van der Waals surface area contributed by atoms with Crippen molar-refractivity contribution in [1.29, 1.82) is 0 Å². The molecule has 2 aromatic heterocycles.